The van der Waals surface area contributed by atoms with Crippen molar-refractivity contribution in [3.05, 3.63) is 15.5 Å². The molecule has 1 aromatic heterocycles. The number of piperidine rings is 1. The van der Waals surface area contributed by atoms with Crippen molar-refractivity contribution in [2.24, 2.45) is 11.8 Å². The van der Waals surface area contributed by atoms with Crippen LogP contribution >= 0.6 is 22.9 Å². The molecule has 2 aliphatic heterocycles. The fraction of sp³-hybridized carbons (Fsp3) is 0.700. The zero-order chi connectivity index (χ0) is 20.8. The van der Waals surface area contributed by atoms with Crippen molar-refractivity contribution in [1.29, 1.82) is 0 Å². The lowest BCUT2D eigenvalue weighted by Crippen LogP contribution is -2.40. The van der Waals surface area contributed by atoms with Gasteiger partial charge in [0.05, 0.1) is 5.51 Å². The van der Waals surface area contributed by atoms with Gasteiger partial charge >= 0.3 is 0 Å². The van der Waals surface area contributed by atoms with Gasteiger partial charge < -0.3 is 15.1 Å². The zero-order valence-corrected chi connectivity index (χ0v) is 18.4. The highest BCUT2D eigenvalue weighted by Gasteiger charge is 2.27. The van der Waals surface area contributed by atoms with Crippen LogP contribution in [0.4, 0.5) is 0 Å². The van der Waals surface area contributed by atoms with Crippen molar-refractivity contribution in [3.8, 4) is 0 Å². The third-order valence-corrected chi connectivity index (χ3v) is 7.17. The van der Waals surface area contributed by atoms with E-state index in [-0.39, 0.29) is 28.8 Å². The molecule has 2 fully saturated rings. The molecule has 1 aromatic rings. The van der Waals surface area contributed by atoms with Crippen LogP contribution in [0.25, 0.3) is 0 Å². The number of nitrogens with zero attached hydrogens (tertiary/aromatic N) is 3. The summed E-state index contributed by atoms with van der Waals surface area (Å²) in [6.45, 7) is 2.92. The summed E-state index contributed by atoms with van der Waals surface area (Å²) in [5.41, 5.74) is 1.58. The standard InChI is InChI=1S/C20H29ClN4O3S/c1-24(20(28)18-19(21)23-13-29-18)8-4-14-5-9-25(10-6-14)17(27)12-15-3-2-7-22-16(26)11-15/h13-15H,2-12H2,1H3,(H,22,26). The predicted octanol–water partition coefficient (Wildman–Crippen LogP) is 2.80. The Hall–Kier alpha value is -1.67. The molecule has 3 rings (SSSR count). The molecule has 0 spiro atoms. The maximum absolute atomic E-state index is 12.6. The zero-order valence-electron chi connectivity index (χ0n) is 16.9. The monoisotopic (exact) mass is 440 g/mol. The van der Waals surface area contributed by atoms with E-state index in [0.29, 0.717) is 30.2 Å². The molecule has 3 heterocycles. The minimum atomic E-state index is -0.0856. The first-order valence-electron chi connectivity index (χ1n) is 10.3. The van der Waals surface area contributed by atoms with Crippen molar-refractivity contribution >= 4 is 40.7 Å². The molecule has 0 radical (unpaired) electrons. The Balaban J connectivity index is 1.38. The number of aromatic nitrogens is 1. The molecule has 0 saturated carbocycles. The van der Waals surface area contributed by atoms with Gasteiger partial charge in [0, 0.05) is 46.1 Å². The number of nitrogens with one attached hydrogen (secondary N) is 1. The highest BCUT2D eigenvalue weighted by Crippen LogP contribution is 2.25. The van der Waals surface area contributed by atoms with Gasteiger partial charge in [0.2, 0.25) is 11.8 Å². The number of carbonyl (C=O) groups is 3. The van der Waals surface area contributed by atoms with Gasteiger partial charge in [-0.15, -0.1) is 11.3 Å². The molecule has 0 aromatic carbocycles. The van der Waals surface area contributed by atoms with Crippen LogP contribution in [-0.4, -0.2) is 65.7 Å². The Morgan fingerprint density at radius 2 is 2.07 bits per heavy atom. The Bertz CT molecular complexity index is 733. The van der Waals surface area contributed by atoms with Crippen LogP contribution in [0.1, 0.15) is 54.6 Å². The molecule has 9 heteroatoms. The van der Waals surface area contributed by atoms with Crippen LogP contribution in [0, 0.1) is 11.8 Å². The van der Waals surface area contributed by atoms with Gasteiger partial charge in [-0.1, -0.05) is 11.6 Å². The number of carbonyl (C=O) groups excluding carboxylic acids is 3. The molecule has 29 heavy (non-hydrogen) atoms. The first kappa shape index (κ1) is 22.0. The van der Waals surface area contributed by atoms with Crippen molar-refractivity contribution in [3.63, 3.8) is 0 Å². The Kier molecular flexibility index (Phi) is 7.89. The smallest absolute Gasteiger partial charge is 0.266 e. The maximum atomic E-state index is 12.6. The molecule has 1 N–H and O–H groups in total. The fourth-order valence-electron chi connectivity index (χ4n) is 4.10. The van der Waals surface area contributed by atoms with Crippen LogP contribution in [0.2, 0.25) is 5.15 Å². The van der Waals surface area contributed by atoms with E-state index >= 15 is 0 Å². The number of hydrogen-bond donors (Lipinski definition) is 1. The molecule has 2 aliphatic rings. The van der Waals surface area contributed by atoms with Crippen LogP contribution in [0.15, 0.2) is 5.51 Å². The quantitative estimate of drug-likeness (QED) is 0.737. The summed E-state index contributed by atoms with van der Waals surface area (Å²) in [4.78, 5) is 44.8. The van der Waals surface area contributed by atoms with Gasteiger partial charge in [0.1, 0.15) is 4.88 Å². The van der Waals surface area contributed by atoms with E-state index in [1.165, 1.54) is 11.3 Å². The Labute approximate surface area is 180 Å². The molecule has 3 amide bonds. The lowest BCUT2D eigenvalue weighted by molar-refractivity contribution is -0.134. The van der Waals surface area contributed by atoms with Gasteiger partial charge in [0.15, 0.2) is 5.15 Å². The van der Waals surface area contributed by atoms with E-state index in [1.54, 1.807) is 17.5 Å². The Morgan fingerprint density at radius 1 is 1.31 bits per heavy atom. The fourth-order valence-corrected chi connectivity index (χ4v) is 5.09. The molecule has 7 nitrogen and oxygen atoms in total. The second-order valence-electron chi connectivity index (χ2n) is 8.08. The summed E-state index contributed by atoms with van der Waals surface area (Å²) in [6.07, 6.45) is 5.66. The minimum absolute atomic E-state index is 0.0669. The number of amides is 3. The average molecular weight is 441 g/mol. The summed E-state index contributed by atoms with van der Waals surface area (Å²) in [7, 11) is 1.79. The van der Waals surface area contributed by atoms with E-state index in [9.17, 15) is 14.4 Å². The van der Waals surface area contributed by atoms with Crippen LogP contribution in [-0.2, 0) is 9.59 Å². The van der Waals surface area contributed by atoms with E-state index in [1.807, 2.05) is 4.90 Å². The summed E-state index contributed by atoms with van der Waals surface area (Å²) >= 11 is 7.22. The lowest BCUT2D eigenvalue weighted by atomic mass is 9.91. The molecule has 1 unspecified atom stereocenters. The van der Waals surface area contributed by atoms with E-state index in [0.717, 1.165) is 51.7 Å². The molecule has 1 atom stereocenters. The molecule has 0 aliphatic carbocycles. The number of hydrogen-bond acceptors (Lipinski definition) is 5. The molecule has 0 bridgehead atoms. The lowest BCUT2D eigenvalue weighted by Gasteiger charge is -2.33. The first-order chi connectivity index (χ1) is 13.9. The number of rotatable bonds is 6. The molecule has 2 saturated heterocycles. The highest BCUT2D eigenvalue weighted by molar-refractivity contribution is 7.12. The Morgan fingerprint density at radius 3 is 2.76 bits per heavy atom. The van der Waals surface area contributed by atoms with Gasteiger partial charge in [-0.05, 0) is 43.9 Å². The average Bonchev–Trinajstić information content (AvgIpc) is 3.03. The largest absolute Gasteiger partial charge is 0.356 e. The predicted molar refractivity (Wildman–Crippen MR) is 113 cm³/mol. The molecular weight excluding hydrogens is 412 g/mol. The summed E-state index contributed by atoms with van der Waals surface area (Å²) in [5, 5.41) is 3.14. The van der Waals surface area contributed by atoms with Crippen molar-refractivity contribution < 1.29 is 14.4 Å². The number of likely N-dealkylation sites (tertiary alicyclic amines) is 1. The molecule has 160 valence electrons. The van der Waals surface area contributed by atoms with E-state index < -0.39 is 0 Å². The minimum Gasteiger partial charge on any atom is -0.356 e. The summed E-state index contributed by atoms with van der Waals surface area (Å²) in [6, 6.07) is 0. The third kappa shape index (κ3) is 6.15. The summed E-state index contributed by atoms with van der Waals surface area (Å²) in [5.74, 6) is 0.834. The van der Waals surface area contributed by atoms with E-state index in [2.05, 4.69) is 10.3 Å². The van der Waals surface area contributed by atoms with Crippen LogP contribution < -0.4 is 5.32 Å². The van der Waals surface area contributed by atoms with Crippen LogP contribution in [0.3, 0.4) is 0 Å². The van der Waals surface area contributed by atoms with Crippen molar-refractivity contribution in [2.75, 3.05) is 33.2 Å². The van der Waals surface area contributed by atoms with Gasteiger partial charge in [-0.2, -0.15) is 0 Å². The van der Waals surface area contributed by atoms with Crippen molar-refractivity contribution in [2.45, 2.75) is 44.9 Å². The number of thiazole rings is 1. The highest BCUT2D eigenvalue weighted by atomic mass is 35.5. The third-order valence-electron chi connectivity index (χ3n) is 5.95. The topological polar surface area (TPSA) is 82.6 Å². The van der Waals surface area contributed by atoms with Gasteiger partial charge in [-0.25, -0.2) is 4.98 Å². The SMILES string of the molecule is CN(CCC1CCN(C(=O)CC2CCCNC(=O)C2)CC1)C(=O)c1scnc1Cl. The normalized spacial score (nSPS) is 20.8. The second-order valence-corrected chi connectivity index (χ2v) is 9.29. The maximum Gasteiger partial charge on any atom is 0.266 e. The number of halogens is 1. The van der Waals surface area contributed by atoms with Gasteiger partial charge in [-0.3, -0.25) is 14.4 Å². The van der Waals surface area contributed by atoms with Crippen molar-refractivity contribution in [1.82, 2.24) is 20.1 Å². The van der Waals surface area contributed by atoms with Gasteiger partial charge in [0.25, 0.3) is 5.91 Å². The molecular formula is C20H29ClN4O3S. The first-order valence-corrected chi connectivity index (χ1v) is 11.6. The van der Waals surface area contributed by atoms with E-state index in [4.69, 9.17) is 11.6 Å². The van der Waals surface area contributed by atoms with Crippen LogP contribution in [0.5, 0.6) is 0 Å². The second kappa shape index (κ2) is 10.4. The summed E-state index contributed by atoms with van der Waals surface area (Å²) < 4.78 is 0.